The summed E-state index contributed by atoms with van der Waals surface area (Å²) >= 11 is 0. The molecule has 0 amide bonds. The van der Waals surface area contributed by atoms with E-state index in [2.05, 4.69) is 165 Å². The molecule has 0 aliphatic heterocycles. The van der Waals surface area contributed by atoms with Gasteiger partial charge in [-0.3, -0.25) is 0 Å². The molecule has 0 saturated carbocycles. The fourth-order valence-electron chi connectivity index (χ4n) is 6.84. The molecule has 8 aromatic carbocycles. The van der Waals surface area contributed by atoms with E-state index in [1.807, 2.05) is 0 Å². The van der Waals surface area contributed by atoms with E-state index in [4.69, 9.17) is 0 Å². The van der Waals surface area contributed by atoms with E-state index in [1.54, 1.807) is 0 Å². The first-order valence-corrected chi connectivity index (χ1v) is 14.9. The molecule has 1 nitrogen and oxygen atoms in total. The van der Waals surface area contributed by atoms with Crippen LogP contribution in [0.15, 0.2) is 146 Å². The molecule has 0 aliphatic rings. The summed E-state index contributed by atoms with van der Waals surface area (Å²) in [4.78, 5) is 2.20. The SMILES string of the molecule is C=C(c1ccc(-c2cccc3ccccc23)cc1)N(C)c1ccc(-c2ccc3ccc4cccc5ccc2c3c45)cc1C. The van der Waals surface area contributed by atoms with Gasteiger partial charge in [-0.15, -0.1) is 0 Å². The molecule has 43 heavy (non-hydrogen) atoms. The molecular weight excluding hydrogens is 518 g/mol. The summed E-state index contributed by atoms with van der Waals surface area (Å²) in [6.45, 7) is 6.69. The number of anilines is 1. The van der Waals surface area contributed by atoms with Crippen LogP contribution in [0, 0.1) is 6.92 Å². The van der Waals surface area contributed by atoms with Gasteiger partial charge in [0.1, 0.15) is 0 Å². The van der Waals surface area contributed by atoms with Crippen LogP contribution in [0.25, 0.3) is 71.0 Å². The molecule has 0 aliphatic carbocycles. The smallest absolute Gasteiger partial charge is 0.0438 e. The molecule has 0 spiro atoms. The highest BCUT2D eigenvalue weighted by Crippen LogP contribution is 2.40. The number of benzene rings is 8. The predicted molar refractivity (Wildman–Crippen MR) is 187 cm³/mol. The molecule has 0 fully saturated rings. The van der Waals surface area contributed by atoms with Gasteiger partial charge in [0.25, 0.3) is 0 Å². The molecule has 0 radical (unpaired) electrons. The summed E-state index contributed by atoms with van der Waals surface area (Å²) in [5.74, 6) is 0. The summed E-state index contributed by atoms with van der Waals surface area (Å²) in [5.41, 5.74) is 9.43. The number of fused-ring (bicyclic) bond motifs is 1. The van der Waals surface area contributed by atoms with Gasteiger partial charge in [-0.2, -0.15) is 0 Å². The second-order valence-electron chi connectivity index (χ2n) is 11.6. The van der Waals surface area contributed by atoms with E-state index < -0.39 is 0 Å². The Labute approximate surface area is 252 Å². The Bertz CT molecular complexity index is 2300. The van der Waals surface area contributed by atoms with Crippen molar-refractivity contribution in [2.75, 3.05) is 11.9 Å². The van der Waals surface area contributed by atoms with Crippen molar-refractivity contribution in [2.45, 2.75) is 6.92 Å². The maximum absolute atomic E-state index is 4.49. The highest BCUT2D eigenvalue weighted by molar-refractivity contribution is 6.25. The van der Waals surface area contributed by atoms with Crippen LogP contribution in [-0.4, -0.2) is 7.05 Å². The van der Waals surface area contributed by atoms with Crippen molar-refractivity contribution in [3.8, 4) is 22.3 Å². The van der Waals surface area contributed by atoms with Gasteiger partial charge in [-0.1, -0.05) is 134 Å². The van der Waals surface area contributed by atoms with Crippen molar-refractivity contribution < 1.29 is 0 Å². The summed E-state index contributed by atoms with van der Waals surface area (Å²) < 4.78 is 0. The Hall–Kier alpha value is -5.40. The van der Waals surface area contributed by atoms with Crippen LogP contribution in [0.5, 0.6) is 0 Å². The number of hydrogen-bond acceptors (Lipinski definition) is 1. The molecule has 0 unspecified atom stereocenters. The van der Waals surface area contributed by atoms with Crippen LogP contribution >= 0.6 is 0 Å². The molecule has 0 saturated heterocycles. The highest BCUT2D eigenvalue weighted by atomic mass is 15.1. The number of rotatable bonds is 5. The third-order valence-corrected chi connectivity index (χ3v) is 9.12. The summed E-state index contributed by atoms with van der Waals surface area (Å²) in [6.07, 6.45) is 0. The summed E-state index contributed by atoms with van der Waals surface area (Å²) in [6, 6.07) is 50.8. The average molecular weight is 550 g/mol. The van der Waals surface area contributed by atoms with E-state index in [1.165, 1.54) is 70.9 Å². The minimum Gasteiger partial charge on any atom is -0.344 e. The van der Waals surface area contributed by atoms with Gasteiger partial charge >= 0.3 is 0 Å². The Kier molecular flexibility index (Phi) is 5.80. The zero-order valence-electron chi connectivity index (χ0n) is 24.4. The Morgan fingerprint density at radius 2 is 1.12 bits per heavy atom. The molecule has 0 atom stereocenters. The molecule has 0 heterocycles. The lowest BCUT2D eigenvalue weighted by atomic mass is 9.89. The van der Waals surface area contributed by atoms with Gasteiger partial charge < -0.3 is 4.90 Å². The van der Waals surface area contributed by atoms with Crippen LogP contribution in [0.3, 0.4) is 0 Å². The maximum Gasteiger partial charge on any atom is 0.0438 e. The molecular formula is C42H31N. The van der Waals surface area contributed by atoms with Crippen LogP contribution in [0.1, 0.15) is 11.1 Å². The van der Waals surface area contributed by atoms with Gasteiger partial charge in [0.05, 0.1) is 0 Å². The second-order valence-corrected chi connectivity index (χ2v) is 11.6. The lowest BCUT2D eigenvalue weighted by Crippen LogP contribution is -2.15. The predicted octanol–water partition coefficient (Wildman–Crippen LogP) is 11.5. The molecule has 8 rings (SSSR count). The molecule has 1 heteroatoms. The summed E-state index contributed by atoms with van der Waals surface area (Å²) in [5, 5.41) is 10.4. The van der Waals surface area contributed by atoms with Crippen molar-refractivity contribution in [3.05, 3.63) is 157 Å². The van der Waals surface area contributed by atoms with Crippen molar-refractivity contribution in [1.29, 1.82) is 0 Å². The molecule has 0 N–H and O–H groups in total. The van der Waals surface area contributed by atoms with Crippen LogP contribution < -0.4 is 4.90 Å². The van der Waals surface area contributed by atoms with E-state index in [-0.39, 0.29) is 0 Å². The van der Waals surface area contributed by atoms with E-state index >= 15 is 0 Å². The lowest BCUT2D eigenvalue weighted by Gasteiger charge is -2.25. The van der Waals surface area contributed by atoms with E-state index in [0.717, 1.165) is 16.9 Å². The first-order valence-electron chi connectivity index (χ1n) is 14.9. The first-order chi connectivity index (χ1) is 21.1. The van der Waals surface area contributed by atoms with Crippen LogP contribution in [-0.2, 0) is 0 Å². The van der Waals surface area contributed by atoms with Crippen LogP contribution in [0.4, 0.5) is 5.69 Å². The average Bonchev–Trinajstić information content (AvgIpc) is 3.06. The van der Waals surface area contributed by atoms with Gasteiger partial charge in [0.2, 0.25) is 0 Å². The fourth-order valence-corrected chi connectivity index (χ4v) is 6.84. The fraction of sp³-hybridized carbons (Fsp3) is 0.0476. The standard InChI is InChI=1S/C42H31N/c1-27-26-35(38-23-20-34-19-18-32-10-6-11-33-21-24-39(38)42(34)41(32)33)22-25-40(27)43(3)28(2)29-14-16-31(17-15-29)37-13-7-9-30-8-4-5-12-36(30)37/h4-26H,2H2,1,3H3. The third-order valence-electron chi connectivity index (χ3n) is 9.12. The van der Waals surface area contributed by atoms with Gasteiger partial charge in [-0.05, 0) is 95.5 Å². The van der Waals surface area contributed by atoms with Gasteiger partial charge in [-0.25, -0.2) is 0 Å². The Morgan fingerprint density at radius 3 is 1.91 bits per heavy atom. The number of hydrogen-bond donors (Lipinski definition) is 0. The van der Waals surface area contributed by atoms with E-state index in [0.29, 0.717) is 0 Å². The highest BCUT2D eigenvalue weighted by Gasteiger charge is 2.15. The zero-order valence-corrected chi connectivity index (χ0v) is 24.4. The Morgan fingerprint density at radius 1 is 0.512 bits per heavy atom. The summed E-state index contributed by atoms with van der Waals surface area (Å²) in [7, 11) is 2.11. The largest absolute Gasteiger partial charge is 0.344 e. The molecule has 0 bridgehead atoms. The monoisotopic (exact) mass is 549 g/mol. The van der Waals surface area contributed by atoms with Crippen molar-refractivity contribution in [2.24, 2.45) is 0 Å². The molecule has 204 valence electrons. The lowest BCUT2D eigenvalue weighted by molar-refractivity contribution is 1.20. The van der Waals surface area contributed by atoms with Gasteiger partial charge in [0.15, 0.2) is 0 Å². The minimum absolute atomic E-state index is 0.975. The second kappa shape index (κ2) is 9.86. The van der Waals surface area contributed by atoms with Crippen molar-refractivity contribution in [1.82, 2.24) is 0 Å². The number of aryl methyl sites for hydroxylation is 1. The topological polar surface area (TPSA) is 3.24 Å². The minimum atomic E-state index is 0.975. The van der Waals surface area contributed by atoms with Crippen molar-refractivity contribution in [3.63, 3.8) is 0 Å². The Balaban J connectivity index is 1.11. The van der Waals surface area contributed by atoms with Gasteiger partial charge in [0, 0.05) is 18.4 Å². The molecule has 8 aromatic rings. The zero-order chi connectivity index (χ0) is 29.1. The quantitative estimate of drug-likeness (QED) is 0.193. The normalized spacial score (nSPS) is 11.6. The van der Waals surface area contributed by atoms with E-state index in [9.17, 15) is 0 Å². The van der Waals surface area contributed by atoms with Crippen LogP contribution in [0.2, 0.25) is 0 Å². The third kappa shape index (κ3) is 4.08. The maximum atomic E-state index is 4.49. The first kappa shape index (κ1) is 25.3. The number of nitrogens with zero attached hydrogens (tertiary/aromatic N) is 1. The molecule has 0 aromatic heterocycles. The van der Waals surface area contributed by atoms with Crippen molar-refractivity contribution >= 4 is 54.5 Å².